The second-order valence-electron chi connectivity index (χ2n) is 3.21. The molecule has 0 saturated heterocycles. The Kier molecular flexibility index (Phi) is 4.37. The van der Waals surface area contributed by atoms with E-state index in [4.69, 9.17) is 0 Å². The van der Waals surface area contributed by atoms with Crippen molar-refractivity contribution >= 4 is 39.2 Å². The lowest BCUT2D eigenvalue weighted by Gasteiger charge is -2.01. The molecule has 2 aromatic rings. The van der Waals surface area contributed by atoms with Crippen LogP contribution in [0.2, 0.25) is 0 Å². The molecule has 0 aliphatic carbocycles. The minimum atomic E-state index is 0.909. The van der Waals surface area contributed by atoms with E-state index in [1.165, 1.54) is 17.1 Å². The van der Waals surface area contributed by atoms with Gasteiger partial charge >= 0.3 is 0 Å². The van der Waals surface area contributed by atoms with E-state index in [2.05, 4.69) is 50.4 Å². The summed E-state index contributed by atoms with van der Waals surface area (Å²) in [5.41, 5.74) is 1.29. The highest BCUT2D eigenvalue weighted by Crippen LogP contribution is 2.27. The summed E-state index contributed by atoms with van der Waals surface area (Å²) in [5.74, 6) is 1.87. The summed E-state index contributed by atoms with van der Waals surface area (Å²) in [4.78, 5) is 4.43. The maximum absolute atomic E-state index is 4.43. The molecule has 0 saturated carbocycles. The minimum Gasteiger partial charge on any atom is -0.213 e. The van der Waals surface area contributed by atoms with Crippen molar-refractivity contribution in [3.8, 4) is 0 Å². The van der Waals surface area contributed by atoms with Gasteiger partial charge in [-0.3, -0.25) is 0 Å². The molecule has 0 N–H and O–H groups in total. The molecule has 0 unspecified atom stereocenters. The average molecular weight is 315 g/mol. The highest BCUT2D eigenvalue weighted by atomic mass is 79.9. The van der Waals surface area contributed by atoms with Gasteiger partial charge in [-0.15, -0.1) is 0 Å². The van der Waals surface area contributed by atoms with Crippen LogP contribution in [0.3, 0.4) is 0 Å². The molecule has 2 nitrogen and oxygen atoms in total. The van der Waals surface area contributed by atoms with Gasteiger partial charge in [0.2, 0.25) is 0 Å². The summed E-state index contributed by atoms with van der Waals surface area (Å²) in [6.45, 7) is 2.07. The Hall–Kier alpha value is -0.390. The number of hydrogen-bond donors (Lipinski definition) is 0. The van der Waals surface area contributed by atoms with Gasteiger partial charge in [-0.1, -0.05) is 52.8 Å². The normalized spacial score (nSPS) is 10.6. The van der Waals surface area contributed by atoms with Crippen LogP contribution in [0.25, 0.3) is 0 Å². The van der Waals surface area contributed by atoms with Crippen LogP contribution in [-0.2, 0) is 12.2 Å². The SMILES string of the molecule is CCc1nsc(SCc2ccccc2Br)n1. The summed E-state index contributed by atoms with van der Waals surface area (Å²) >= 11 is 6.77. The third-order valence-corrected chi connectivity index (χ3v) is 4.77. The Morgan fingerprint density at radius 3 is 2.88 bits per heavy atom. The van der Waals surface area contributed by atoms with Crippen molar-refractivity contribution < 1.29 is 0 Å². The maximum Gasteiger partial charge on any atom is 0.170 e. The first-order valence-corrected chi connectivity index (χ1v) is 7.53. The molecule has 2 rings (SSSR count). The summed E-state index contributed by atoms with van der Waals surface area (Å²) in [6, 6.07) is 8.27. The van der Waals surface area contributed by atoms with Crippen molar-refractivity contribution in [3.63, 3.8) is 0 Å². The number of aromatic nitrogens is 2. The van der Waals surface area contributed by atoms with Crippen molar-refractivity contribution in [1.29, 1.82) is 0 Å². The molecule has 0 aliphatic rings. The highest BCUT2D eigenvalue weighted by molar-refractivity contribution is 9.10. The van der Waals surface area contributed by atoms with Crippen molar-refractivity contribution in [2.45, 2.75) is 23.4 Å². The Morgan fingerprint density at radius 2 is 2.19 bits per heavy atom. The van der Waals surface area contributed by atoms with Crippen LogP contribution >= 0.6 is 39.2 Å². The molecule has 1 aromatic carbocycles. The van der Waals surface area contributed by atoms with E-state index >= 15 is 0 Å². The van der Waals surface area contributed by atoms with E-state index in [1.54, 1.807) is 11.8 Å². The smallest absolute Gasteiger partial charge is 0.170 e. The van der Waals surface area contributed by atoms with E-state index in [0.717, 1.165) is 26.8 Å². The molecule has 84 valence electrons. The predicted octanol–water partition coefficient (Wildman–Crippen LogP) is 4.16. The molecule has 1 heterocycles. The Balaban J connectivity index is 1.99. The Bertz CT molecular complexity index is 471. The molecule has 5 heteroatoms. The Morgan fingerprint density at radius 1 is 1.38 bits per heavy atom. The molecular weight excluding hydrogens is 304 g/mol. The van der Waals surface area contributed by atoms with Crippen molar-refractivity contribution in [2.24, 2.45) is 0 Å². The Labute approximate surface area is 112 Å². The number of thioether (sulfide) groups is 1. The van der Waals surface area contributed by atoms with Gasteiger partial charge < -0.3 is 0 Å². The third-order valence-electron chi connectivity index (χ3n) is 2.07. The number of hydrogen-bond acceptors (Lipinski definition) is 4. The van der Waals surface area contributed by atoms with Gasteiger partial charge in [0.05, 0.1) is 0 Å². The van der Waals surface area contributed by atoms with Crippen LogP contribution in [0.5, 0.6) is 0 Å². The molecule has 0 fully saturated rings. The number of rotatable bonds is 4. The fraction of sp³-hybridized carbons (Fsp3) is 0.273. The first kappa shape index (κ1) is 12.1. The van der Waals surface area contributed by atoms with Crippen LogP contribution in [-0.4, -0.2) is 9.36 Å². The summed E-state index contributed by atoms with van der Waals surface area (Å²) < 4.78 is 6.47. The van der Waals surface area contributed by atoms with Crippen molar-refractivity contribution in [2.75, 3.05) is 0 Å². The zero-order valence-electron chi connectivity index (χ0n) is 8.81. The zero-order valence-corrected chi connectivity index (χ0v) is 12.0. The van der Waals surface area contributed by atoms with Crippen molar-refractivity contribution in [3.05, 3.63) is 40.1 Å². The second-order valence-corrected chi connectivity index (χ2v) is 6.04. The van der Waals surface area contributed by atoms with E-state index in [1.807, 2.05) is 6.07 Å². The van der Waals surface area contributed by atoms with E-state index in [9.17, 15) is 0 Å². The monoisotopic (exact) mass is 314 g/mol. The number of halogens is 1. The predicted molar refractivity (Wildman–Crippen MR) is 73.0 cm³/mol. The molecule has 0 aliphatic heterocycles. The first-order valence-electron chi connectivity index (χ1n) is 4.98. The number of benzene rings is 1. The minimum absolute atomic E-state index is 0.909. The number of aryl methyl sites for hydroxylation is 1. The molecule has 0 spiro atoms. The van der Waals surface area contributed by atoms with E-state index in [0.29, 0.717) is 0 Å². The van der Waals surface area contributed by atoms with E-state index in [-0.39, 0.29) is 0 Å². The first-order chi connectivity index (χ1) is 7.79. The molecule has 0 atom stereocenters. The van der Waals surface area contributed by atoms with Crippen molar-refractivity contribution in [1.82, 2.24) is 9.36 Å². The standard InChI is InChI=1S/C11H11BrN2S2/c1-2-10-13-11(16-14-10)15-7-8-5-3-4-6-9(8)12/h3-6H,2,7H2,1H3. The van der Waals surface area contributed by atoms with Gasteiger partial charge in [0.25, 0.3) is 0 Å². The van der Waals surface area contributed by atoms with Gasteiger partial charge in [0.1, 0.15) is 5.82 Å². The highest BCUT2D eigenvalue weighted by Gasteiger charge is 2.04. The zero-order chi connectivity index (χ0) is 11.4. The van der Waals surface area contributed by atoms with Gasteiger partial charge in [0, 0.05) is 16.6 Å². The fourth-order valence-electron chi connectivity index (χ4n) is 1.20. The topological polar surface area (TPSA) is 25.8 Å². The quantitative estimate of drug-likeness (QED) is 0.793. The average Bonchev–Trinajstić information content (AvgIpc) is 2.76. The molecule has 16 heavy (non-hydrogen) atoms. The number of nitrogens with zero attached hydrogens (tertiary/aromatic N) is 2. The summed E-state index contributed by atoms with van der Waals surface area (Å²) in [5, 5.41) is 0. The fourth-order valence-corrected chi connectivity index (χ4v) is 3.51. The van der Waals surface area contributed by atoms with Gasteiger partial charge in [-0.2, -0.15) is 4.37 Å². The van der Waals surface area contributed by atoms with Crippen LogP contribution in [0.4, 0.5) is 0 Å². The summed E-state index contributed by atoms with van der Waals surface area (Å²) in [7, 11) is 0. The molecular formula is C11H11BrN2S2. The molecule has 0 amide bonds. The molecule has 0 radical (unpaired) electrons. The molecule has 0 bridgehead atoms. The van der Waals surface area contributed by atoms with Crippen LogP contribution in [0, 0.1) is 0 Å². The van der Waals surface area contributed by atoms with Crippen LogP contribution in [0.15, 0.2) is 33.1 Å². The largest absolute Gasteiger partial charge is 0.213 e. The van der Waals surface area contributed by atoms with E-state index < -0.39 is 0 Å². The second kappa shape index (κ2) is 5.80. The lowest BCUT2D eigenvalue weighted by atomic mass is 10.2. The van der Waals surface area contributed by atoms with Gasteiger partial charge in [-0.05, 0) is 23.2 Å². The van der Waals surface area contributed by atoms with Gasteiger partial charge in [0.15, 0.2) is 4.34 Å². The lowest BCUT2D eigenvalue weighted by molar-refractivity contribution is 0.971. The van der Waals surface area contributed by atoms with Crippen LogP contribution < -0.4 is 0 Å². The van der Waals surface area contributed by atoms with Crippen LogP contribution in [0.1, 0.15) is 18.3 Å². The summed E-state index contributed by atoms with van der Waals surface area (Å²) in [6.07, 6.45) is 0.909. The molecule has 1 aromatic heterocycles. The van der Waals surface area contributed by atoms with Gasteiger partial charge in [-0.25, -0.2) is 4.98 Å². The lowest BCUT2D eigenvalue weighted by Crippen LogP contribution is -1.83. The maximum atomic E-state index is 4.43. The third kappa shape index (κ3) is 3.06.